The van der Waals surface area contributed by atoms with E-state index in [4.69, 9.17) is 0 Å². The first-order chi connectivity index (χ1) is 10.3. The number of hydrogen-bond acceptors (Lipinski definition) is 3. The zero-order chi connectivity index (χ0) is 17.2. The summed E-state index contributed by atoms with van der Waals surface area (Å²) in [6.07, 6.45) is 3.75. The minimum atomic E-state index is -0.685. The lowest BCUT2D eigenvalue weighted by Crippen LogP contribution is -2.40. The van der Waals surface area contributed by atoms with E-state index in [2.05, 4.69) is 25.7 Å². The van der Waals surface area contributed by atoms with E-state index in [1.54, 1.807) is 12.1 Å². The van der Waals surface area contributed by atoms with Crippen molar-refractivity contribution in [2.45, 2.75) is 64.9 Å². The lowest BCUT2D eigenvalue weighted by molar-refractivity contribution is -0.00810. The predicted molar refractivity (Wildman–Crippen MR) is 95.5 cm³/mol. The average molecular weight is 309 g/mol. The molecule has 0 saturated carbocycles. The van der Waals surface area contributed by atoms with E-state index < -0.39 is 5.60 Å². The molecule has 0 fully saturated rings. The van der Waals surface area contributed by atoms with E-state index >= 15 is 0 Å². The van der Waals surface area contributed by atoms with Gasteiger partial charge >= 0.3 is 0 Å². The Morgan fingerprint density at radius 3 is 1.91 bits per heavy atom. The van der Waals surface area contributed by atoms with Crippen LogP contribution in [0.25, 0.3) is 0 Å². The molecule has 2 atom stereocenters. The molecule has 1 aromatic carbocycles. The highest BCUT2D eigenvalue weighted by molar-refractivity contribution is 5.30. The molecule has 0 aliphatic heterocycles. The Morgan fingerprint density at radius 1 is 1.05 bits per heavy atom. The van der Waals surface area contributed by atoms with E-state index in [1.807, 2.05) is 33.2 Å². The Balaban J connectivity index is 0.00000135. The van der Waals surface area contributed by atoms with Crippen molar-refractivity contribution in [2.24, 2.45) is 0 Å². The number of phenolic OH excluding ortho intramolecular Hbond substituents is 1. The van der Waals surface area contributed by atoms with E-state index in [0.717, 1.165) is 31.4 Å². The predicted octanol–water partition coefficient (Wildman–Crippen LogP) is 4.39. The molecule has 22 heavy (non-hydrogen) atoms. The molecule has 3 heteroatoms. The molecule has 0 aliphatic carbocycles. The highest BCUT2D eigenvalue weighted by atomic mass is 16.3. The summed E-state index contributed by atoms with van der Waals surface area (Å²) in [5, 5.41) is 20.4. The number of likely N-dealkylation sites (N-methyl/N-ethyl adjacent to an activating group) is 1. The second-order valence-corrected chi connectivity index (χ2v) is 6.32. The van der Waals surface area contributed by atoms with Crippen molar-refractivity contribution < 1.29 is 10.2 Å². The quantitative estimate of drug-likeness (QED) is 0.785. The van der Waals surface area contributed by atoms with Crippen LogP contribution in [0.5, 0.6) is 5.75 Å². The van der Waals surface area contributed by atoms with Gasteiger partial charge in [0.2, 0.25) is 0 Å². The van der Waals surface area contributed by atoms with Gasteiger partial charge in [-0.3, -0.25) is 0 Å². The first-order valence-corrected chi connectivity index (χ1v) is 8.50. The second-order valence-electron chi connectivity index (χ2n) is 6.32. The number of hydrogen-bond donors (Lipinski definition) is 2. The van der Waals surface area contributed by atoms with Gasteiger partial charge in [-0.2, -0.15) is 0 Å². The molecular formula is C19H35NO2. The van der Waals surface area contributed by atoms with Crippen molar-refractivity contribution in [1.82, 2.24) is 4.90 Å². The third kappa shape index (κ3) is 6.80. The maximum atomic E-state index is 11.0. The van der Waals surface area contributed by atoms with Crippen LogP contribution in [-0.2, 0) is 0 Å². The third-order valence-corrected chi connectivity index (χ3v) is 3.79. The Labute approximate surface area is 137 Å². The molecule has 0 amide bonds. The molecule has 1 aromatic rings. The molecule has 1 rings (SSSR count). The van der Waals surface area contributed by atoms with Crippen LogP contribution in [0.3, 0.4) is 0 Å². The van der Waals surface area contributed by atoms with Gasteiger partial charge in [0, 0.05) is 12.5 Å². The standard InChI is InChI=1S/C16H27NO2.C3H8/c1-5-11-16(19,6-2)15(12-17(3)4)13-7-9-14(18)10-8-13;1-3-2/h7-10,15,18-19H,5-6,11-12H2,1-4H3;3H2,1-2H3. The van der Waals surface area contributed by atoms with Gasteiger partial charge in [-0.25, -0.2) is 0 Å². The van der Waals surface area contributed by atoms with Crippen molar-refractivity contribution in [3.8, 4) is 5.75 Å². The largest absolute Gasteiger partial charge is 0.508 e. The minimum Gasteiger partial charge on any atom is -0.508 e. The van der Waals surface area contributed by atoms with Crippen LogP contribution in [0, 0.1) is 0 Å². The smallest absolute Gasteiger partial charge is 0.115 e. The summed E-state index contributed by atoms with van der Waals surface area (Å²) in [4.78, 5) is 2.10. The van der Waals surface area contributed by atoms with Gasteiger partial charge in [0.15, 0.2) is 0 Å². The normalized spacial score (nSPS) is 14.9. The van der Waals surface area contributed by atoms with Crippen molar-refractivity contribution in [1.29, 1.82) is 0 Å². The number of rotatable bonds is 7. The fourth-order valence-corrected chi connectivity index (χ4v) is 2.69. The number of nitrogens with zero attached hydrogens (tertiary/aromatic N) is 1. The summed E-state index contributed by atoms with van der Waals surface area (Å²) in [5.74, 6) is 0.330. The summed E-state index contributed by atoms with van der Waals surface area (Å²) in [6.45, 7) is 9.19. The van der Waals surface area contributed by atoms with Crippen LogP contribution in [0.2, 0.25) is 0 Å². The second kappa shape index (κ2) is 10.6. The maximum Gasteiger partial charge on any atom is 0.115 e. The Hall–Kier alpha value is -1.06. The lowest BCUT2D eigenvalue weighted by Gasteiger charge is -2.37. The van der Waals surface area contributed by atoms with Crippen LogP contribution in [0.1, 0.15) is 64.9 Å². The van der Waals surface area contributed by atoms with Gasteiger partial charge in [-0.05, 0) is 44.6 Å². The molecular weight excluding hydrogens is 274 g/mol. The van der Waals surface area contributed by atoms with E-state index in [9.17, 15) is 10.2 Å². The monoisotopic (exact) mass is 309 g/mol. The number of benzene rings is 1. The number of aromatic hydroxyl groups is 1. The Morgan fingerprint density at radius 2 is 1.55 bits per heavy atom. The summed E-state index contributed by atoms with van der Waals surface area (Å²) >= 11 is 0. The minimum absolute atomic E-state index is 0.0630. The van der Waals surface area contributed by atoms with Crippen molar-refractivity contribution >= 4 is 0 Å². The molecule has 0 aliphatic rings. The highest BCUT2D eigenvalue weighted by Gasteiger charge is 2.35. The van der Waals surface area contributed by atoms with Crippen molar-refractivity contribution in [3.63, 3.8) is 0 Å². The molecule has 0 heterocycles. The van der Waals surface area contributed by atoms with Crippen molar-refractivity contribution in [3.05, 3.63) is 29.8 Å². The molecule has 128 valence electrons. The van der Waals surface area contributed by atoms with Gasteiger partial charge in [-0.1, -0.05) is 52.7 Å². The molecule has 0 bridgehead atoms. The molecule has 0 aromatic heterocycles. The summed E-state index contributed by atoms with van der Waals surface area (Å²) in [7, 11) is 4.05. The molecule has 0 spiro atoms. The van der Waals surface area contributed by atoms with Gasteiger partial charge in [-0.15, -0.1) is 0 Å². The van der Waals surface area contributed by atoms with Gasteiger partial charge in [0.1, 0.15) is 5.75 Å². The summed E-state index contributed by atoms with van der Waals surface area (Å²) in [5.41, 5.74) is 0.403. The van der Waals surface area contributed by atoms with Gasteiger partial charge in [0.05, 0.1) is 5.60 Å². The molecule has 0 saturated heterocycles. The maximum absolute atomic E-state index is 11.0. The molecule has 0 radical (unpaired) electrons. The van der Waals surface area contributed by atoms with E-state index in [1.165, 1.54) is 6.42 Å². The first kappa shape index (κ1) is 20.9. The fraction of sp³-hybridized carbons (Fsp3) is 0.684. The SMILES string of the molecule is CCC.CCCC(O)(CC)C(CN(C)C)c1ccc(O)cc1. The highest BCUT2D eigenvalue weighted by Crippen LogP contribution is 2.35. The number of phenols is 1. The Kier molecular flexibility index (Phi) is 10.1. The zero-order valence-electron chi connectivity index (χ0n) is 15.3. The zero-order valence-corrected chi connectivity index (χ0v) is 15.3. The van der Waals surface area contributed by atoms with Gasteiger partial charge < -0.3 is 15.1 Å². The van der Waals surface area contributed by atoms with E-state index in [-0.39, 0.29) is 11.7 Å². The third-order valence-electron chi connectivity index (χ3n) is 3.79. The summed E-state index contributed by atoms with van der Waals surface area (Å²) in [6, 6.07) is 7.22. The average Bonchev–Trinajstić information content (AvgIpc) is 2.46. The van der Waals surface area contributed by atoms with Crippen molar-refractivity contribution in [2.75, 3.05) is 20.6 Å². The van der Waals surface area contributed by atoms with Gasteiger partial charge in [0.25, 0.3) is 0 Å². The van der Waals surface area contributed by atoms with Crippen LogP contribution < -0.4 is 0 Å². The summed E-state index contributed by atoms with van der Waals surface area (Å²) < 4.78 is 0. The molecule has 2 unspecified atom stereocenters. The number of aliphatic hydroxyl groups is 1. The topological polar surface area (TPSA) is 43.7 Å². The lowest BCUT2D eigenvalue weighted by atomic mass is 9.77. The molecule has 2 N–H and O–H groups in total. The first-order valence-electron chi connectivity index (χ1n) is 8.50. The fourth-order valence-electron chi connectivity index (χ4n) is 2.69. The Bertz CT molecular complexity index is 389. The van der Waals surface area contributed by atoms with Crippen LogP contribution in [0.15, 0.2) is 24.3 Å². The van der Waals surface area contributed by atoms with Crippen LogP contribution in [-0.4, -0.2) is 41.4 Å². The molecule has 3 nitrogen and oxygen atoms in total. The van der Waals surface area contributed by atoms with E-state index in [0.29, 0.717) is 0 Å². The van der Waals surface area contributed by atoms with Crippen LogP contribution in [0.4, 0.5) is 0 Å². The van der Waals surface area contributed by atoms with Crippen LogP contribution >= 0.6 is 0 Å².